The number of amides is 1. The third kappa shape index (κ3) is 2.78. The summed E-state index contributed by atoms with van der Waals surface area (Å²) in [4.78, 5) is 14.4. The van der Waals surface area contributed by atoms with Crippen molar-refractivity contribution in [3.8, 4) is 0 Å². The first-order valence-electron chi connectivity index (χ1n) is 7.30. The molecule has 0 aromatic heterocycles. The molecule has 1 aromatic rings. The van der Waals surface area contributed by atoms with Gasteiger partial charge in [-0.1, -0.05) is 49.4 Å². The van der Waals surface area contributed by atoms with E-state index in [0.29, 0.717) is 0 Å². The number of carbonyl (C=O) groups is 1. The van der Waals surface area contributed by atoms with E-state index >= 15 is 0 Å². The van der Waals surface area contributed by atoms with Crippen LogP contribution in [-0.4, -0.2) is 29.0 Å². The van der Waals surface area contributed by atoms with Gasteiger partial charge in [-0.3, -0.25) is 4.79 Å². The summed E-state index contributed by atoms with van der Waals surface area (Å²) in [6.07, 6.45) is 5.65. The number of carbonyl (C=O) groups excluding carboxylic acids is 1. The normalized spacial score (nSPS) is 20.1. The van der Waals surface area contributed by atoms with Crippen molar-refractivity contribution in [2.75, 3.05) is 13.1 Å². The van der Waals surface area contributed by atoms with Crippen molar-refractivity contribution in [3.63, 3.8) is 0 Å². The van der Waals surface area contributed by atoms with Crippen LogP contribution in [0.5, 0.6) is 0 Å². The highest BCUT2D eigenvalue weighted by molar-refractivity contribution is 5.80. The predicted octanol–water partition coefficient (Wildman–Crippen LogP) is 2.71. The molecule has 1 saturated heterocycles. The summed E-state index contributed by atoms with van der Waals surface area (Å²) in [6, 6.07) is 9.42. The van der Waals surface area contributed by atoms with Crippen LogP contribution in [0.4, 0.5) is 0 Å². The van der Waals surface area contributed by atoms with Gasteiger partial charge in [0.25, 0.3) is 0 Å². The molecule has 0 spiro atoms. The molecule has 3 heteroatoms. The monoisotopic (exact) mass is 273 g/mol. The van der Waals surface area contributed by atoms with Crippen molar-refractivity contribution in [1.29, 1.82) is 0 Å². The molecule has 3 nitrogen and oxygen atoms in total. The molecule has 20 heavy (non-hydrogen) atoms. The van der Waals surface area contributed by atoms with Crippen LogP contribution in [-0.2, 0) is 10.4 Å². The average molecular weight is 273 g/mol. The number of benzene rings is 1. The Bertz CT molecular complexity index is 477. The molecular weight excluding hydrogens is 250 g/mol. The van der Waals surface area contributed by atoms with Crippen LogP contribution in [0.25, 0.3) is 0 Å². The summed E-state index contributed by atoms with van der Waals surface area (Å²) >= 11 is 0. The first-order valence-corrected chi connectivity index (χ1v) is 7.30. The molecule has 1 heterocycles. The largest absolute Gasteiger partial charge is 0.380 e. The summed E-state index contributed by atoms with van der Waals surface area (Å²) < 4.78 is 0. The SMILES string of the molecule is C/C=C/C(O)(c1ccccc1)C(C)C(=O)N1CCCC1. The van der Waals surface area contributed by atoms with Gasteiger partial charge in [-0.05, 0) is 25.3 Å². The molecule has 2 atom stereocenters. The van der Waals surface area contributed by atoms with Crippen molar-refractivity contribution in [1.82, 2.24) is 4.90 Å². The first-order chi connectivity index (χ1) is 9.59. The van der Waals surface area contributed by atoms with Gasteiger partial charge in [-0.15, -0.1) is 0 Å². The lowest BCUT2D eigenvalue weighted by Gasteiger charge is -2.33. The lowest BCUT2D eigenvalue weighted by molar-refractivity contribution is -0.141. The summed E-state index contributed by atoms with van der Waals surface area (Å²) in [5, 5.41) is 11.0. The molecule has 1 aliphatic rings. The van der Waals surface area contributed by atoms with E-state index in [0.717, 1.165) is 31.5 Å². The Morgan fingerprint density at radius 3 is 2.45 bits per heavy atom. The van der Waals surface area contributed by atoms with Gasteiger partial charge < -0.3 is 10.0 Å². The summed E-state index contributed by atoms with van der Waals surface area (Å²) in [5.74, 6) is -0.453. The van der Waals surface area contributed by atoms with Crippen LogP contribution in [0, 0.1) is 5.92 Å². The Hall–Kier alpha value is -1.61. The Morgan fingerprint density at radius 1 is 1.30 bits per heavy atom. The van der Waals surface area contributed by atoms with Gasteiger partial charge in [0.15, 0.2) is 0 Å². The standard InChI is InChI=1S/C17H23NO2/c1-3-11-17(20,15-9-5-4-6-10-15)14(2)16(19)18-12-7-8-13-18/h3-6,9-11,14,20H,7-8,12-13H2,1-2H3/b11-3+. The van der Waals surface area contributed by atoms with Crippen LogP contribution < -0.4 is 0 Å². The van der Waals surface area contributed by atoms with Gasteiger partial charge in [0.1, 0.15) is 5.60 Å². The number of allylic oxidation sites excluding steroid dienone is 1. The second-order valence-electron chi connectivity index (χ2n) is 5.45. The van der Waals surface area contributed by atoms with Crippen LogP contribution in [0.3, 0.4) is 0 Å². The fourth-order valence-corrected chi connectivity index (χ4v) is 2.85. The molecule has 1 N–H and O–H groups in total. The van der Waals surface area contributed by atoms with Crippen LogP contribution in [0.2, 0.25) is 0 Å². The molecule has 0 bridgehead atoms. The second-order valence-corrected chi connectivity index (χ2v) is 5.45. The molecule has 1 aromatic carbocycles. The van der Waals surface area contributed by atoms with Gasteiger partial charge >= 0.3 is 0 Å². The van der Waals surface area contributed by atoms with Crippen molar-refractivity contribution < 1.29 is 9.90 Å². The van der Waals surface area contributed by atoms with E-state index < -0.39 is 11.5 Å². The highest BCUT2D eigenvalue weighted by Gasteiger charge is 2.39. The fraction of sp³-hybridized carbons (Fsp3) is 0.471. The molecule has 2 rings (SSSR count). The van der Waals surface area contributed by atoms with Gasteiger partial charge in [0, 0.05) is 13.1 Å². The quantitative estimate of drug-likeness (QED) is 0.857. The molecule has 1 aliphatic heterocycles. The maximum Gasteiger partial charge on any atom is 0.229 e. The van der Waals surface area contributed by atoms with Crippen molar-refractivity contribution >= 4 is 5.91 Å². The second kappa shape index (κ2) is 6.23. The van der Waals surface area contributed by atoms with E-state index in [2.05, 4.69) is 0 Å². The molecule has 1 amide bonds. The van der Waals surface area contributed by atoms with E-state index in [1.807, 2.05) is 49.1 Å². The number of rotatable bonds is 4. The minimum Gasteiger partial charge on any atom is -0.380 e. The zero-order valence-electron chi connectivity index (χ0n) is 12.2. The number of hydrogen-bond donors (Lipinski definition) is 1. The van der Waals surface area contributed by atoms with E-state index in [9.17, 15) is 9.90 Å². The molecular formula is C17H23NO2. The number of aliphatic hydroxyl groups is 1. The third-order valence-electron chi connectivity index (χ3n) is 4.11. The Balaban J connectivity index is 2.30. The molecule has 0 saturated carbocycles. The van der Waals surface area contributed by atoms with E-state index in [1.165, 1.54) is 0 Å². The minimum absolute atomic E-state index is 0.0342. The van der Waals surface area contributed by atoms with Crippen molar-refractivity contribution in [3.05, 3.63) is 48.0 Å². The molecule has 2 unspecified atom stereocenters. The van der Waals surface area contributed by atoms with E-state index in [4.69, 9.17) is 0 Å². The lowest BCUT2D eigenvalue weighted by Crippen LogP contribution is -2.43. The van der Waals surface area contributed by atoms with Crippen molar-refractivity contribution in [2.45, 2.75) is 32.3 Å². The minimum atomic E-state index is -1.24. The van der Waals surface area contributed by atoms with E-state index in [1.54, 1.807) is 12.2 Å². The smallest absolute Gasteiger partial charge is 0.229 e. The highest BCUT2D eigenvalue weighted by Crippen LogP contribution is 2.33. The maximum absolute atomic E-state index is 12.6. The van der Waals surface area contributed by atoms with Crippen LogP contribution in [0.1, 0.15) is 32.3 Å². The zero-order chi connectivity index (χ0) is 14.6. The molecule has 108 valence electrons. The number of nitrogens with zero attached hydrogens (tertiary/aromatic N) is 1. The van der Waals surface area contributed by atoms with Crippen LogP contribution >= 0.6 is 0 Å². The number of hydrogen-bond acceptors (Lipinski definition) is 2. The third-order valence-corrected chi connectivity index (χ3v) is 4.11. The molecule has 0 radical (unpaired) electrons. The van der Waals surface area contributed by atoms with Gasteiger partial charge in [-0.25, -0.2) is 0 Å². The summed E-state index contributed by atoms with van der Waals surface area (Å²) in [5.41, 5.74) is -0.478. The Labute approximate surface area is 120 Å². The lowest BCUT2D eigenvalue weighted by atomic mass is 9.81. The van der Waals surface area contributed by atoms with Crippen LogP contribution in [0.15, 0.2) is 42.5 Å². The fourth-order valence-electron chi connectivity index (χ4n) is 2.85. The molecule has 1 fully saturated rings. The Kier molecular flexibility index (Phi) is 4.61. The predicted molar refractivity (Wildman–Crippen MR) is 80.1 cm³/mol. The highest BCUT2D eigenvalue weighted by atomic mass is 16.3. The maximum atomic E-state index is 12.6. The molecule has 0 aliphatic carbocycles. The average Bonchev–Trinajstić information content (AvgIpc) is 3.01. The summed E-state index contributed by atoms with van der Waals surface area (Å²) in [6.45, 7) is 5.29. The Morgan fingerprint density at radius 2 is 1.90 bits per heavy atom. The van der Waals surface area contributed by atoms with Gasteiger partial charge in [-0.2, -0.15) is 0 Å². The first kappa shape index (κ1) is 14.8. The van der Waals surface area contributed by atoms with E-state index in [-0.39, 0.29) is 5.91 Å². The summed E-state index contributed by atoms with van der Waals surface area (Å²) in [7, 11) is 0. The topological polar surface area (TPSA) is 40.5 Å². The van der Waals surface area contributed by atoms with Crippen molar-refractivity contribution in [2.24, 2.45) is 5.92 Å². The number of likely N-dealkylation sites (tertiary alicyclic amines) is 1. The van der Waals surface area contributed by atoms with Gasteiger partial charge in [0.2, 0.25) is 5.91 Å². The zero-order valence-corrected chi connectivity index (χ0v) is 12.2. The van der Waals surface area contributed by atoms with Gasteiger partial charge in [0.05, 0.1) is 5.92 Å².